The average molecular weight is 184 g/mol. The number of hydrogen-bond donors (Lipinski definition) is 1. The Labute approximate surface area is 81.3 Å². The smallest absolute Gasteiger partial charge is 0.0647 e. The highest BCUT2D eigenvalue weighted by molar-refractivity contribution is 4.95. The van der Waals surface area contributed by atoms with Crippen LogP contribution in [0.15, 0.2) is 0 Å². The first-order valence-electron chi connectivity index (χ1n) is 4.64. The van der Waals surface area contributed by atoms with Gasteiger partial charge in [-0.2, -0.15) is 0 Å². The standard InChI is InChI=1S/C11H20O2/c1-5-6-7-8-10(12)9-11(2,3)13-4/h10,12H,7-9H2,1-4H3. The zero-order valence-corrected chi connectivity index (χ0v) is 9.05. The Morgan fingerprint density at radius 3 is 2.54 bits per heavy atom. The molecule has 0 heterocycles. The third-order valence-electron chi connectivity index (χ3n) is 2.06. The second-order valence-corrected chi connectivity index (χ2v) is 3.79. The summed E-state index contributed by atoms with van der Waals surface area (Å²) in [7, 11) is 1.67. The van der Waals surface area contributed by atoms with E-state index in [4.69, 9.17) is 4.74 Å². The van der Waals surface area contributed by atoms with Gasteiger partial charge in [0.1, 0.15) is 0 Å². The Kier molecular flexibility index (Phi) is 5.77. The molecule has 0 rings (SSSR count). The van der Waals surface area contributed by atoms with Crippen molar-refractivity contribution < 1.29 is 9.84 Å². The van der Waals surface area contributed by atoms with Crippen molar-refractivity contribution in [2.45, 2.75) is 51.7 Å². The molecule has 0 aliphatic carbocycles. The van der Waals surface area contributed by atoms with Gasteiger partial charge >= 0.3 is 0 Å². The van der Waals surface area contributed by atoms with Gasteiger partial charge in [-0.1, -0.05) is 0 Å². The van der Waals surface area contributed by atoms with Crippen LogP contribution in [0.2, 0.25) is 0 Å². The van der Waals surface area contributed by atoms with E-state index in [0.717, 1.165) is 12.8 Å². The molecular formula is C11H20O2. The lowest BCUT2D eigenvalue weighted by atomic mass is 9.98. The summed E-state index contributed by atoms with van der Waals surface area (Å²) >= 11 is 0. The molecule has 0 fully saturated rings. The lowest BCUT2D eigenvalue weighted by Crippen LogP contribution is -2.28. The summed E-state index contributed by atoms with van der Waals surface area (Å²) in [6.45, 7) is 5.76. The second-order valence-electron chi connectivity index (χ2n) is 3.79. The molecule has 0 aromatic heterocycles. The molecule has 0 aliphatic rings. The molecule has 0 aromatic carbocycles. The van der Waals surface area contributed by atoms with Gasteiger partial charge in [0.25, 0.3) is 0 Å². The fourth-order valence-electron chi connectivity index (χ4n) is 1.12. The number of hydrogen-bond acceptors (Lipinski definition) is 2. The minimum Gasteiger partial charge on any atom is -0.393 e. The van der Waals surface area contributed by atoms with Crippen molar-refractivity contribution in [2.75, 3.05) is 7.11 Å². The maximum atomic E-state index is 9.59. The van der Waals surface area contributed by atoms with Crippen molar-refractivity contribution >= 4 is 0 Å². The van der Waals surface area contributed by atoms with E-state index in [1.165, 1.54) is 0 Å². The first kappa shape index (κ1) is 12.5. The van der Waals surface area contributed by atoms with Gasteiger partial charge < -0.3 is 9.84 Å². The summed E-state index contributed by atoms with van der Waals surface area (Å²) in [5, 5.41) is 9.59. The number of rotatable bonds is 5. The summed E-state index contributed by atoms with van der Waals surface area (Å²) in [6.07, 6.45) is 1.84. The maximum absolute atomic E-state index is 9.59. The second kappa shape index (κ2) is 6.01. The lowest BCUT2D eigenvalue weighted by Gasteiger charge is -2.25. The fraction of sp³-hybridized carbons (Fsp3) is 0.818. The SMILES string of the molecule is CC#CCCC(O)CC(C)(C)OC. The summed E-state index contributed by atoms with van der Waals surface area (Å²) in [5.41, 5.74) is -0.237. The van der Waals surface area contributed by atoms with Gasteiger partial charge in [0.2, 0.25) is 0 Å². The fourth-order valence-corrected chi connectivity index (χ4v) is 1.12. The van der Waals surface area contributed by atoms with Crippen LogP contribution < -0.4 is 0 Å². The van der Waals surface area contributed by atoms with Crippen molar-refractivity contribution in [3.63, 3.8) is 0 Å². The number of methoxy groups -OCH3 is 1. The predicted octanol–water partition coefficient (Wildman–Crippen LogP) is 1.97. The molecule has 1 unspecified atom stereocenters. The maximum Gasteiger partial charge on any atom is 0.0647 e. The highest BCUT2D eigenvalue weighted by Gasteiger charge is 2.20. The average Bonchev–Trinajstić information content (AvgIpc) is 2.04. The van der Waals surface area contributed by atoms with E-state index in [-0.39, 0.29) is 11.7 Å². The van der Waals surface area contributed by atoms with Crippen LogP contribution >= 0.6 is 0 Å². The first-order valence-corrected chi connectivity index (χ1v) is 4.64. The van der Waals surface area contributed by atoms with Crippen LogP contribution in [0.3, 0.4) is 0 Å². The van der Waals surface area contributed by atoms with Gasteiger partial charge in [-0.15, -0.1) is 11.8 Å². The third kappa shape index (κ3) is 6.62. The lowest BCUT2D eigenvalue weighted by molar-refractivity contribution is -0.0206. The number of aliphatic hydroxyl groups excluding tert-OH is 1. The van der Waals surface area contributed by atoms with Crippen molar-refractivity contribution in [1.29, 1.82) is 0 Å². The van der Waals surface area contributed by atoms with Gasteiger partial charge in [-0.3, -0.25) is 0 Å². The van der Waals surface area contributed by atoms with Crippen molar-refractivity contribution in [2.24, 2.45) is 0 Å². The van der Waals surface area contributed by atoms with Crippen LogP contribution in [0.25, 0.3) is 0 Å². The zero-order valence-electron chi connectivity index (χ0n) is 9.05. The quantitative estimate of drug-likeness (QED) is 0.662. The predicted molar refractivity (Wildman–Crippen MR) is 54.4 cm³/mol. The topological polar surface area (TPSA) is 29.5 Å². The van der Waals surface area contributed by atoms with E-state index in [1.54, 1.807) is 7.11 Å². The highest BCUT2D eigenvalue weighted by atomic mass is 16.5. The Morgan fingerprint density at radius 1 is 1.46 bits per heavy atom. The summed E-state index contributed by atoms with van der Waals surface area (Å²) in [4.78, 5) is 0. The van der Waals surface area contributed by atoms with Crippen LogP contribution in [0.5, 0.6) is 0 Å². The van der Waals surface area contributed by atoms with Crippen LogP contribution in [0.4, 0.5) is 0 Å². The zero-order chi connectivity index (χ0) is 10.3. The van der Waals surface area contributed by atoms with Crippen molar-refractivity contribution in [3.8, 4) is 11.8 Å². The van der Waals surface area contributed by atoms with Crippen LogP contribution in [0.1, 0.15) is 40.0 Å². The molecule has 0 saturated heterocycles. The molecule has 2 nitrogen and oxygen atoms in total. The molecule has 1 N–H and O–H groups in total. The molecule has 13 heavy (non-hydrogen) atoms. The Bertz CT molecular complexity index is 186. The number of aliphatic hydroxyl groups is 1. The van der Waals surface area contributed by atoms with Crippen LogP contribution in [-0.2, 0) is 4.74 Å². The van der Waals surface area contributed by atoms with Crippen LogP contribution in [-0.4, -0.2) is 23.9 Å². The molecule has 0 saturated carbocycles. The van der Waals surface area contributed by atoms with E-state index in [1.807, 2.05) is 20.8 Å². The number of ether oxygens (including phenoxy) is 1. The largest absolute Gasteiger partial charge is 0.393 e. The molecule has 0 aliphatic heterocycles. The summed E-state index contributed by atoms with van der Waals surface area (Å²) in [5.74, 6) is 5.74. The van der Waals surface area contributed by atoms with E-state index < -0.39 is 0 Å². The molecule has 1 atom stereocenters. The van der Waals surface area contributed by atoms with Gasteiger partial charge in [-0.05, 0) is 27.2 Å². The van der Waals surface area contributed by atoms with E-state index in [9.17, 15) is 5.11 Å². The van der Waals surface area contributed by atoms with E-state index >= 15 is 0 Å². The van der Waals surface area contributed by atoms with Crippen molar-refractivity contribution in [1.82, 2.24) is 0 Å². The summed E-state index contributed by atoms with van der Waals surface area (Å²) in [6, 6.07) is 0. The molecule has 0 aromatic rings. The molecule has 0 radical (unpaired) electrons. The van der Waals surface area contributed by atoms with E-state index in [0.29, 0.717) is 6.42 Å². The molecular weight excluding hydrogens is 164 g/mol. The van der Waals surface area contributed by atoms with Gasteiger partial charge in [0.15, 0.2) is 0 Å². The van der Waals surface area contributed by atoms with E-state index in [2.05, 4.69) is 11.8 Å². The third-order valence-corrected chi connectivity index (χ3v) is 2.06. The summed E-state index contributed by atoms with van der Waals surface area (Å²) < 4.78 is 5.22. The van der Waals surface area contributed by atoms with Gasteiger partial charge in [0, 0.05) is 20.0 Å². The minimum absolute atomic E-state index is 0.237. The monoisotopic (exact) mass is 184 g/mol. The Balaban J connectivity index is 3.71. The van der Waals surface area contributed by atoms with Crippen molar-refractivity contribution in [3.05, 3.63) is 0 Å². The molecule has 0 amide bonds. The molecule has 2 heteroatoms. The molecule has 0 spiro atoms. The highest BCUT2D eigenvalue weighted by Crippen LogP contribution is 2.17. The van der Waals surface area contributed by atoms with Gasteiger partial charge in [-0.25, -0.2) is 0 Å². The normalized spacial score (nSPS) is 13.3. The Hall–Kier alpha value is -0.520. The minimum atomic E-state index is -0.309. The molecule has 0 bridgehead atoms. The molecule has 76 valence electrons. The van der Waals surface area contributed by atoms with Crippen LogP contribution in [0, 0.1) is 11.8 Å². The van der Waals surface area contributed by atoms with Gasteiger partial charge in [0.05, 0.1) is 11.7 Å². The first-order chi connectivity index (χ1) is 6.02. The Morgan fingerprint density at radius 2 is 2.08 bits per heavy atom.